The lowest BCUT2D eigenvalue weighted by Crippen LogP contribution is -2.41. The van der Waals surface area contributed by atoms with E-state index in [1.165, 1.54) is 5.56 Å². The van der Waals surface area contributed by atoms with Crippen LogP contribution in [0.1, 0.15) is 37.3 Å². The van der Waals surface area contributed by atoms with Gasteiger partial charge in [0.15, 0.2) is 19.5 Å². The van der Waals surface area contributed by atoms with Crippen molar-refractivity contribution in [3.05, 3.63) is 69.7 Å². The standard InChI is InChI=1S/C25H37Cl2NO3Si2/c1-25(2,24(30-32-3)31-33-4)13-23(29)20-16-28(14-17-8-6-5-7-9-17)15-19(20)18-10-11-21(26)22(27)12-18/h5-12,19-20,23-24,29H,13-16,32-33H2,1-4H3/t19-,20-,23-/m1/s1. The van der Waals surface area contributed by atoms with Crippen LogP contribution in [0.3, 0.4) is 0 Å². The highest BCUT2D eigenvalue weighted by molar-refractivity contribution is 6.42. The molecule has 0 spiro atoms. The lowest BCUT2D eigenvalue weighted by atomic mass is 9.77. The number of hydrogen-bond donors (Lipinski definition) is 1. The van der Waals surface area contributed by atoms with Crippen molar-refractivity contribution in [2.45, 2.75) is 58.2 Å². The fraction of sp³-hybridized carbons (Fsp3) is 0.520. The summed E-state index contributed by atoms with van der Waals surface area (Å²) in [6.45, 7) is 11.1. The second-order valence-electron chi connectivity index (χ2n) is 9.63. The van der Waals surface area contributed by atoms with Gasteiger partial charge < -0.3 is 14.0 Å². The Morgan fingerprint density at radius 1 is 1.03 bits per heavy atom. The first-order valence-electron chi connectivity index (χ1n) is 11.9. The van der Waals surface area contributed by atoms with Crippen molar-refractivity contribution in [1.29, 1.82) is 0 Å². The molecular formula is C25H37Cl2NO3Si2. The van der Waals surface area contributed by atoms with Gasteiger partial charge in [0.2, 0.25) is 0 Å². The molecule has 0 aliphatic carbocycles. The van der Waals surface area contributed by atoms with E-state index in [9.17, 15) is 5.11 Å². The molecule has 0 unspecified atom stereocenters. The minimum Gasteiger partial charge on any atom is -0.400 e. The Hall–Kier alpha value is -0.706. The topological polar surface area (TPSA) is 41.9 Å². The van der Waals surface area contributed by atoms with Gasteiger partial charge in [-0.25, -0.2) is 0 Å². The van der Waals surface area contributed by atoms with Crippen LogP contribution < -0.4 is 0 Å². The molecule has 3 atom stereocenters. The second-order valence-corrected chi connectivity index (χ2v) is 12.3. The van der Waals surface area contributed by atoms with E-state index in [4.69, 9.17) is 32.1 Å². The third kappa shape index (κ3) is 7.15. The van der Waals surface area contributed by atoms with Gasteiger partial charge in [0.05, 0.1) is 16.1 Å². The minimum absolute atomic E-state index is 0.0867. The van der Waals surface area contributed by atoms with E-state index in [-0.39, 0.29) is 23.5 Å². The largest absolute Gasteiger partial charge is 0.400 e. The summed E-state index contributed by atoms with van der Waals surface area (Å²) in [5, 5.41) is 12.7. The van der Waals surface area contributed by atoms with Crippen molar-refractivity contribution in [2.75, 3.05) is 13.1 Å². The maximum atomic E-state index is 11.5. The first-order valence-corrected chi connectivity index (χ1v) is 16.6. The molecule has 1 saturated heterocycles. The molecule has 8 heteroatoms. The van der Waals surface area contributed by atoms with Crippen LogP contribution in [0, 0.1) is 11.3 Å². The molecule has 1 N–H and O–H groups in total. The average molecular weight is 527 g/mol. The minimum atomic E-state index is -0.607. The predicted molar refractivity (Wildman–Crippen MR) is 144 cm³/mol. The molecule has 182 valence electrons. The van der Waals surface area contributed by atoms with E-state index in [0.717, 1.165) is 25.2 Å². The summed E-state index contributed by atoms with van der Waals surface area (Å²) in [7, 11) is -1.21. The van der Waals surface area contributed by atoms with Gasteiger partial charge in [-0.15, -0.1) is 0 Å². The summed E-state index contributed by atoms with van der Waals surface area (Å²) in [6, 6.07) is 16.4. The first-order chi connectivity index (χ1) is 15.7. The monoisotopic (exact) mass is 525 g/mol. The number of aliphatic hydroxyl groups is 1. The maximum Gasteiger partial charge on any atom is 0.161 e. The third-order valence-electron chi connectivity index (χ3n) is 6.57. The van der Waals surface area contributed by atoms with Crippen LogP contribution in [-0.4, -0.2) is 55.0 Å². The van der Waals surface area contributed by atoms with Gasteiger partial charge >= 0.3 is 0 Å². The van der Waals surface area contributed by atoms with Gasteiger partial charge in [0, 0.05) is 36.9 Å². The van der Waals surface area contributed by atoms with Crippen LogP contribution in [0.15, 0.2) is 48.5 Å². The Labute approximate surface area is 213 Å². The predicted octanol–water partition coefficient (Wildman–Crippen LogP) is 4.61. The van der Waals surface area contributed by atoms with Crippen molar-refractivity contribution >= 4 is 42.7 Å². The Balaban J connectivity index is 1.82. The fourth-order valence-corrected chi connectivity index (χ4v) is 7.16. The van der Waals surface area contributed by atoms with Crippen molar-refractivity contribution in [3.63, 3.8) is 0 Å². The Kier molecular flexibility index (Phi) is 10.0. The quantitative estimate of drug-likeness (QED) is 0.343. The number of likely N-dealkylation sites (tertiary alicyclic amines) is 1. The van der Waals surface area contributed by atoms with Gasteiger partial charge in [-0.2, -0.15) is 0 Å². The van der Waals surface area contributed by atoms with Crippen molar-refractivity contribution in [2.24, 2.45) is 11.3 Å². The van der Waals surface area contributed by atoms with Gasteiger partial charge in [0.25, 0.3) is 0 Å². The van der Waals surface area contributed by atoms with Gasteiger partial charge in [-0.3, -0.25) is 4.90 Å². The van der Waals surface area contributed by atoms with Crippen molar-refractivity contribution in [3.8, 4) is 0 Å². The van der Waals surface area contributed by atoms with Crippen LogP contribution in [0.25, 0.3) is 0 Å². The smallest absolute Gasteiger partial charge is 0.161 e. The molecule has 4 nitrogen and oxygen atoms in total. The second kappa shape index (κ2) is 12.3. The molecular weight excluding hydrogens is 489 g/mol. The number of nitrogens with zero attached hydrogens (tertiary/aromatic N) is 1. The molecule has 0 saturated carbocycles. The van der Waals surface area contributed by atoms with Gasteiger partial charge in [0.1, 0.15) is 6.29 Å². The average Bonchev–Trinajstić information content (AvgIpc) is 3.20. The molecule has 1 heterocycles. The summed E-state index contributed by atoms with van der Waals surface area (Å²) < 4.78 is 12.1. The van der Waals surface area contributed by atoms with Gasteiger partial charge in [-0.1, -0.05) is 86.5 Å². The lowest BCUT2D eigenvalue weighted by molar-refractivity contribution is -0.100. The van der Waals surface area contributed by atoms with Crippen LogP contribution in [0.2, 0.25) is 23.1 Å². The van der Waals surface area contributed by atoms with E-state index in [0.29, 0.717) is 16.5 Å². The number of aliphatic hydroxyl groups excluding tert-OH is 1. The third-order valence-corrected chi connectivity index (χ3v) is 8.58. The van der Waals surface area contributed by atoms with Crippen LogP contribution >= 0.6 is 23.2 Å². The molecule has 2 aromatic rings. The number of hydrogen-bond acceptors (Lipinski definition) is 4. The molecule has 3 rings (SSSR count). The summed E-state index contributed by atoms with van der Waals surface area (Å²) in [5.41, 5.74) is 2.15. The zero-order valence-corrected chi connectivity index (χ0v) is 24.5. The summed E-state index contributed by atoms with van der Waals surface area (Å²) in [4.78, 5) is 2.44. The highest BCUT2D eigenvalue weighted by Gasteiger charge is 2.42. The molecule has 0 bridgehead atoms. The van der Waals surface area contributed by atoms with Crippen LogP contribution in [-0.2, 0) is 15.4 Å². The lowest BCUT2D eigenvalue weighted by Gasteiger charge is -2.38. The SMILES string of the molecule is C[SiH2]OC(O[SiH2]C)C(C)(C)C[C@@H](O)[C@@H]1CN(Cc2ccccc2)C[C@@H]1c1ccc(Cl)c(Cl)c1. The first kappa shape index (κ1) is 26.9. The highest BCUT2D eigenvalue weighted by atomic mass is 35.5. The molecule has 0 amide bonds. The Morgan fingerprint density at radius 3 is 2.30 bits per heavy atom. The number of benzene rings is 2. The van der Waals surface area contributed by atoms with Gasteiger partial charge in [-0.05, 0) is 29.7 Å². The molecule has 0 radical (unpaired) electrons. The normalized spacial score (nSPS) is 22.0. The van der Waals surface area contributed by atoms with Crippen molar-refractivity contribution < 1.29 is 14.0 Å². The molecule has 33 heavy (non-hydrogen) atoms. The summed E-state index contributed by atoms with van der Waals surface area (Å²) in [5.74, 6) is 0.263. The molecule has 1 fully saturated rings. The van der Waals surface area contributed by atoms with E-state index < -0.39 is 25.6 Å². The summed E-state index contributed by atoms with van der Waals surface area (Å²) >= 11 is 12.6. The van der Waals surface area contributed by atoms with Crippen LogP contribution in [0.5, 0.6) is 0 Å². The molecule has 0 aromatic heterocycles. The Morgan fingerprint density at radius 2 is 1.70 bits per heavy atom. The molecule has 2 aromatic carbocycles. The van der Waals surface area contributed by atoms with Crippen LogP contribution in [0.4, 0.5) is 0 Å². The number of halogens is 2. The zero-order chi connectivity index (χ0) is 24.0. The summed E-state index contributed by atoms with van der Waals surface area (Å²) in [6.07, 6.45) is -0.0833. The van der Waals surface area contributed by atoms with E-state index in [1.54, 1.807) is 0 Å². The van der Waals surface area contributed by atoms with Crippen molar-refractivity contribution in [1.82, 2.24) is 4.90 Å². The highest BCUT2D eigenvalue weighted by Crippen LogP contribution is 2.41. The Bertz CT molecular complexity index is 881. The van der Waals surface area contributed by atoms with E-state index >= 15 is 0 Å². The fourth-order valence-electron chi connectivity index (χ4n) is 4.96. The zero-order valence-electron chi connectivity index (χ0n) is 20.1. The van der Waals surface area contributed by atoms with E-state index in [1.807, 2.05) is 18.2 Å². The number of rotatable bonds is 11. The van der Waals surface area contributed by atoms with E-state index in [2.05, 4.69) is 62.2 Å². The molecule has 1 aliphatic rings. The molecule has 1 aliphatic heterocycles. The maximum absolute atomic E-state index is 11.5.